The maximum Gasteiger partial charge on any atom is 0.341 e. The van der Waals surface area contributed by atoms with Gasteiger partial charge >= 0.3 is 11.9 Å². The lowest BCUT2D eigenvalue weighted by Crippen LogP contribution is -2.18. The van der Waals surface area contributed by atoms with Gasteiger partial charge in [-0.3, -0.25) is 9.59 Å². The number of nitrogens with one attached hydrogen (secondary N) is 1. The van der Waals surface area contributed by atoms with E-state index < -0.39 is 11.9 Å². The number of carbonyl (C=O) groups excluding carboxylic acids is 3. The van der Waals surface area contributed by atoms with Gasteiger partial charge in [-0.2, -0.15) is 0 Å². The topological polar surface area (TPSA) is 90.9 Å². The summed E-state index contributed by atoms with van der Waals surface area (Å²) in [5.41, 5.74) is 2.03. The fraction of sp³-hybridized carbons (Fsp3) is 0.409. The lowest BCUT2D eigenvalue weighted by atomic mass is 9.99. The molecule has 1 aromatic heterocycles. The monoisotopic (exact) mass is 431 g/mol. The van der Waals surface area contributed by atoms with E-state index >= 15 is 0 Å². The number of ether oxygens (including phenoxy) is 3. The maximum absolute atomic E-state index is 12.4. The number of hydrogen-bond acceptors (Lipinski definition) is 7. The second-order valence-corrected chi connectivity index (χ2v) is 8.17. The summed E-state index contributed by atoms with van der Waals surface area (Å²) in [5.74, 6) is -0.923. The van der Waals surface area contributed by atoms with E-state index in [0.717, 1.165) is 16.2 Å². The minimum absolute atomic E-state index is 0.220. The van der Waals surface area contributed by atoms with Crippen molar-refractivity contribution in [2.45, 2.75) is 38.5 Å². The lowest BCUT2D eigenvalue weighted by molar-refractivity contribution is -0.142. The predicted octanol–water partition coefficient (Wildman–Crippen LogP) is 3.84. The zero-order valence-electron chi connectivity index (χ0n) is 17.3. The van der Waals surface area contributed by atoms with E-state index in [9.17, 15) is 14.4 Å². The summed E-state index contributed by atoms with van der Waals surface area (Å²) in [7, 11) is 2.61. The summed E-state index contributed by atoms with van der Waals surface area (Å²) < 4.78 is 15.4. The molecule has 0 saturated heterocycles. The van der Waals surface area contributed by atoms with Crippen LogP contribution in [0.15, 0.2) is 24.3 Å². The highest BCUT2D eigenvalue weighted by Gasteiger charge is 2.38. The summed E-state index contributed by atoms with van der Waals surface area (Å²) in [4.78, 5) is 37.8. The van der Waals surface area contributed by atoms with Gasteiger partial charge in [0, 0.05) is 11.3 Å². The second-order valence-electron chi connectivity index (χ2n) is 7.06. The van der Waals surface area contributed by atoms with Gasteiger partial charge in [-0.05, 0) is 43.9 Å². The summed E-state index contributed by atoms with van der Waals surface area (Å²) in [6, 6.07) is 7.72. The lowest BCUT2D eigenvalue weighted by Gasteiger charge is -2.12. The Labute approximate surface area is 179 Å². The molecule has 0 spiro atoms. The molecule has 0 unspecified atom stereocenters. The van der Waals surface area contributed by atoms with Crippen molar-refractivity contribution in [1.82, 2.24) is 0 Å². The Morgan fingerprint density at radius 3 is 2.53 bits per heavy atom. The first-order valence-corrected chi connectivity index (χ1v) is 10.6. The molecule has 2 aromatic rings. The Morgan fingerprint density at radius 2 is 1.87 bits per heavy atom. The van der Waals surface area contributed by atoms with Crippen LogP contribution in [0.2, 0.25) is 0 Å². The van der Waals surface area contributed by atoms with Crippen LogP contribution >= 0.6 is 11.3 Å². The van der Waals surface area contributed by atoms with E-state index in [2.05, 4.69) is 5.32 Å². The van der Waals surface area contributed by atoms with Crippen LogP contribution < -0.4 is 10.1 Å². The molecule has 1 aromatic carbocycles. The van der Waals surface area contributed by atoms with E-state index in [1.807, 2.05) is 31.2 Å². The number of aryl methyl sites for hydroxylation is 2. The van der Waals surface area contributed by atoms with Gasteiger partial charge in [-0.15, -0.1) is 11.3 Å². The molecule has 1 aliphatic rings. The van der Waals surface area contributed by atoms with Gasteiger partial charge in [0.05, 0.1) is 32.3 Å². The Kier molecular flexibility index (Phi) is 7.10. The Bertz CT molecular complexity index is 934. The minimum Gasteiger partial charge on any atom is -0.494 e. The van der Waals surface area contributed by atoms with Crippen LogP contribution in [0.1, 0.15) is 51.5 Å². The van der Waals surface area contributed by atoms with Crippen molar-refractivity contribution in [3.05, 3.63) is 45.8 Å². The van der Waals surface area contributed by atoms with Crippen LogP contribution in [-0.2, 0) is 25.5 Å². The van der Waals surface area contributed by atoms with Crippen LogP contribution in [0.4, 0.5) is 5.00 Å². The largest absolute Gasteiger partial charge is 0.494 e. The van der Waals surface area contributed by atoms with Gasteiger partial charge in [0.1, 0.15) is 10.8 Å². The first-order valence-electron chi connectivity index (χ1n) is 9.75. The molecule has 0 saturated carbocycles. The summed E-state index contributed by atoms with van der Waals surface area (Å²) >= 11 is 1.32. The molecule has 1 amide bonds. The number of rotatable bonds is 8. The maximum atomic E-state index is 12.4. The van der Waals surface area contributed by atoms with Crippen molar-refractivity contribution in [2.75, 3.05) is 26.1 Å². The number of esters is 2. The number of amides is 1. The molecule has 1 atom stereocenters. The zero-order valence-corrected chi connectivity index (χ0v) is 18.1. The number of methoxy groups -OCH3 is 2. The van der Waals surface area contributed by atoms with Crippen molar-refractivity contribution in [1.29, 1.82) is 0 Å². The van der Waals surface area contributed by atoms with Crippen molar-refractivity contribution in [3.8, 4) is 5.75 Å². The van der Waals surface area contributed by atoms with E-state index in [0.29, 0.717) is 36.4 Å². The Morgan fingerprint density at radius 1 is 1.13 bits per heavy atom. The number of carbonyl (C=O) groups is 3. The number of benzene rings is 1. The van der Waals surface area contributed by atoms with Crippen molar-refractivity contribution < 1.29 is 28.6 Å². The van der Waals surface area contributed by atoms with Gasteiger partial charge < -0.3 is 19.5 Å². The first kappa shape index (κ1) is 21.8. The summed E-state index contributed by atoms with van der Waals surface area (Å²) in [6.45, 7) is 2.41. The quantitative estimate of drug-likeness (QED) is 0.504. The fourth-order valence-electron chi connectivity index (χ4n) is 3.48. The highest BCUT2D eigenvalue weighted by molar-refractivity contribution is 7.17. The third-order valence-corrected chi connectivity index (χ3v) is 6.18. The van der Waals surface area contributed by atoms with Gasteiger partial charge in [-0.1, -0.05) is 17.7 Å². The van der Waals surface area contributed by atoms with E-state index in [1.54, 1.807) is 0 Å². The smallest absolute Gasteiger partial charge is 0.341 e. The van der Waals surface area contributed by atoms with Crippen LogP contribution in [-0.4, -0.2) is 38.7 Å². The fourth-order valence-corrected chi connectivity index (χ4v) is 4.76. The molecule has 1 aliphatic carbocycles. The molecule has 8 heteroatoms. The van der Waals surface area contributed by atoms with E-state index in [1.165, 1.54) is 25.6 Å². The van der Waals surface area contributed by atoms with Crippen LogP contribution in [0.3, 0.4) is 0 Å². The molecule has 0 radical (unpaired) electrons. The van der Waals surface area contributed by atoms with Gasteiger partial charge in [0.15, 0.2) is 0 Å². The number of anilines is 1. The number of fused-ring (bicyclic) bond motifs is 1. The third kappa shape index (κ3) is 4.81. The van der Waals surface area contributed by atoms with E-state index in [4.69, 9.17) is 14.2 Å². The van der Waals surface area contributed by atoms with Crippen molar-refractivity contribution in [3.63, 3.8) is 0 Å². The molecule has 3 rings (SSSR count). The van der Waals surface area contributed by atoms with Crippen LogP contribution in [0.25, 0.3) is 0 Å². The average molecular weight is 432 g/mol. The zero-order chi connectivity index (χ0) is 21.7. The molecule has 30 heavy (non-hydrogen) atoms. The van der Waals surface area contributed by atoms with Crippen LogP contribution in [0, 0.1) is 6.92 Å². The molecule has 0 fully saturated rings. The normalized spacial score (nSPS) is 14.7. The number of hydrogen-bond donors (Lipinski definition) is 1. The van der Waals surface area contributed by atoms with Crippen molar-refractivity contribution in [2.24, 2.45) is 0 Å². The Hall–Kier alpha value is -2.87. The minimum atomic E-state index is -0.568. The SMILES string of the molecule is COC(=O)c1c(NC(=O)CCCOc2ccc(C)cc2)sc2c1[C@H](C(=O)OC)CC2. The Balaban J connectivity index is 1.63. The molecular weight excluding hydrogens is 406 g/mol. The molecule has 1 N–H and O–H groups in total. The number of thiophene rings is 1. The van der Waals surface area contributed by atoms with Gasteiger partial charge in [-0.25, -0.2) is 4.79 Å². The highest BCUT2D eigenvalue weighted by Crippen LogP contribution is 2.45. The van der Waals surface area contributed by atoms with Crippen molar-refractivity contribution >= 4 is 34.2 Å². The third-order valence-electron chi connectivity index (χ3n) is 5.00. The van der Waals surface area contributed by atoms with Crippen LogP contribution in [0.5, 0.6) is 5.75 Å². The summed E-state index contributed by atoms with van der Waals surface area (Å²) in [6.07, 6.45) is 2.02. The van der Waals surface area contributed by atoms with Gasteiger partial charge in [0.2, 0.25) is 5.91 Å². The molecule has 0 aliphatic heterocycles. The molecule has 1 heterocycles. The second kappa shape index (κ2) is 9.75. The van der Waals surface area contributed by atoms with Gasteiger partial charge in [0.25, 0.3) is 0 Å². The molecule has 0 bridgehead atoms. The average Bonchev–Trinajstić information content (AvgIpc) is 3.30. The first-order chi connectivity index (χ1) is 14.4. The highest BCUT2D eigenvalue weighted by atomic mass is 32.1. The standard InChI is InChI=1S/C22H25NO6S/c1-13-6-8-14(9-7-13)29-12-4-5-17(24)23-20-19(22(26)28-3)18-15(21(25)27-2)10-11-16(18)30-20/h6-9,15H,4-5,10-12H2,1-3H3,(H,23,24)/t15-/m1/s1. The molecule has 7 nitrogen and oxygen atoms in total. The van der Waals surface area contributed by atoms with E-state index in [-0.39, 0.29) is 23.9 Å². The molecular formula is C22H25NO6S. The predicted molar refractivity (Wildman–Crippen MR) is 113 cm³/mol. The summed E-state index contributed by atoms with van der Waals surface area (Å²) in [5, 5.41) is 3.23. The molecule has 160 valence electrons.